The van der Waals surface area contributed by atoms with Crippen molar-refractivity contribution < 1.29 is 19.4 Å². The molecule has 0 radical (unpaired) electrons. The Morgan fingerprint density at radius 1 is 1.42 bits per heavy atom. The fourth-order valence-electron chi connectivity index (χ4n) is 2.41. The first-order valence-electron chi connectivity index (χ1n) is 7.55. The number of hydrogen-bond donors (Lipinski definition) is 1. The van der Waals surface area contributed by atoms with E-state index in [1.807, 2.05) is 6.07 Å². The smallest absolute Gasteiger partial charge is 0.410 e. The first-order chi connectivity index (χ1) is 11.2. The molecule has 1 amide bonds. The van der Waals surface area contributed by atoms with Crippen LogP contribution in [0.5, 0.6) is 0 Å². The zero-order valence-corrected chi connectivity index (χ0v) is 13.9. The predicted molar refractivity (Wildman–Crippen MR) is 85.5 cm³/mol. The molecule has 0 bridgehead atoms. The van der Waals surface area contributed by atoms with Crippen LogP contribution in [-0.4, -0.2) is 58.3 Å². The number of anilines is 1. The molecule has 1 aliphatic rings. The highest BCUT2D eigenvalue weighted by molar-refractivity contribution is 5.80. The molecular formula is C16H20N4O4. The number of carboxylic acids is 1. The van der Waals surface area contributed by atoms with Crippen LogP contribution in [0.2, 0.25) is 0 Å². The summed E-state index contributed by atoms with van der Waals surface area (Å²) in [6.45, 7) is 5.87. The van der Waals surface area contributed by atoms with E-state index in [2.05, 4.69) is 4.98 Å². The maximum atomic E-state index is 12.2. The molecule has 0 spiro atoms. The largest absolute Gasteiger partial charge is 0.480 e. The zero-order valence-electron chi connectivity index (χ0n) is 13.9. The molecule has 0 saturated carbocycles. The van der Waals surface area contributed by atoms with Crippen molar-refractivity contribution in [2.75, 3.05) is 24.5 Å². The van der Waals surface area contributed by atoms with Gasteiger partial charge >= 0.3 is 12.1 Å². The van der Waals surface area contributed by atoms with Crippen LogP contribution in [0.4, 0.5) is 10.6 Å². The molecule has 1 aromatic heterocycles. The van der Waals surface area contributed by atoms with Gasteiger partial charge < -0.3 is 19.6 Å². The summed E-state index contributed by atoms with van der Waals surface area (Å²) in [5, 5.41) is 18.5. The lowest BCUT2D eigenvalue weighted by atomic mass is 10.1. The van der Waals surface area contributed by atoms with Crippen molar-refractivity contribution in [3.8, 4) is 6.07 Å². The second kappa shape index (κ2) is 6.74. The Morgan fingerprint density at radius 3 is 2.71 bits per heavy atom. The monoisotopic (exact) mass is 332 g/mol. The summed E-state index contributed by atoms with van der Waals surface area (Å²) in [5.74, 6) is -0.655. The number of nitriles is 1. The van der Waals surface area contributed by atoms with Crippen LogP contribution in [0.3, 0.4) is 0 Å². The lowest BCUT2D eigenvalue weighted by molar-refractivity contribution is -0.139. The van der Waals surface area contributed by atoms with E-state index in [0.717, 1.165) is 0 Å². The second-order valence-corrected chi connectivity index (χ2v) is 6.49. The normalized spacial score (nSPS) is 18.0. The first kappa shape index (κ1) is 17.5. The Kier molecular flexibility index (Phi) is 4.93. The van der Waals surface area contributed by atoms with E-state index in [9.17, 15) is 14.7 Å². The Hall–Kier alpha value is -2.82. The number of amides is 1. The fourth-order valence-corrected chi connectivity index (χ4v) is 2.41. The van der Waals surface area contributed by atoms with Crippen LogP contribution >= 0.6 is 0 Å². The number of carbonyl (C=O) groups excluding carboxylic acids is 1. The minimum absolute atomic E-state index is 0.0112. The summed E-state index contributed by atoms with van der Waals surface area (Å²) < 4.78 is 5.30. The van der Waals surface area contributed by atoms with Gasteiger partial charge in [-0.25, -0.2) is 14.6 Å². The molecule has 8 heteroatoms. The molecule has 0 aromatic carbocycles. The molecule has 1 fully saturated rings. The number of carboxylic acid groups (broad SMARTS) is 1. The summed E-state index contributed by atoms with van der Waals surface area (Å²) in [4.78, 5) is 30.9. The number of rotatable bonds is 2. The van der Waals surface area contributed by atoms with Gasteiger partial charge in [0.25, 0.3) is 0 Å². The highest BCUT2D eigenvalue weighted by atomic mass is 16.6. The topological polar surface area (TPSA) is 107 Å². The molecule has 1 atom stereocenters. The second-order valence-electron chi connectivity index (χ2n) is 6.49. The van der Waals surface area contributed by atoms with Crippen molar-refractivity contribution in [3.63, 3.8) is 0 Å². The average molecular weight is 332 g/mol. The van der Waals surface area contributed by atoms with Crippen LogP contribution < -0.4 is 4.90 Å². The van der Waals surface area contributed by atoms with Gasteiger partial charge in [0.2, 0.25) is 0 Å². The molecule has 1 saturated heterocycles. The molecule has 2 heterocycles. The Balaban J connectivity index is 2.18. The number of nitrogens with zero attached hydrogens (tertiary/aromatic N) is 4. The Morgan fingerprint density at radius 2 is 2.12 bits per heavy atom. The number of ether oxygens (including phenoxy) is 1. The van der Waals surface area contributed by atoms with E-state index in [4.69, 9.17) is 10.00 Å². The third-order valence-corrected chi connectivity index (χ3v) is 3.49. The van der Waals surface area contributed by atoms with E-state index < -0.39 is 23.7 Å². The van der Waals surface area contributed by atoms with Gasteiger partial charge in [0.15, 0.2) is 0 Å². The van der Waals surface area contributed by atoms with Crippen molar-refractivity contribution >= 4 is 17.9 Å². The van der Waals surface area contributed by atoms with Crippen LogP contribution in [0.1, 0.15) is 26.3 Å². The molecule has 1 N–H and O–H groups in total. The first-order valence-corrected chi connectivity index (χ1v) is 7.55. The molecule has 0 unspecified atom stereocenters. The van der Waals surface area contributed by atoms with Crippen molar-refractivity contribution in [3.05, 3.63) is 23.9 Å². The average Bonchev–Trinajstić information content (AvgIpc) is 2.52. The Labute approximate surface area is 140 Å². The molecule has 1 aromatic rings. The van der Waals surface area contributed by atoms with Gasteiger partial charge in [-0.1, -0.05) is 0 Å². The SMILES string of the molecule is CC(C)(C)OC(=O)N1CCN(c2cc(C#N)ccn2)[C@H](C(=O)O)C1. The number of aliphatic carboxylic acids is 1. The van der Waals surface area contributed by atoms with Crippen molar-refractivity contribution in [2.24, 2.45) is 0 Å². The number of piperazine rings is 1. The van der Waals surface area contributed by atoms with Gasteiger partial charge in [-0.15, -0.1) is 0 Å². The van der Waals surface area contributed by atoms with Crippen LogP contribution in [0.15, 0.2) is 18.3 Å². The number of hydrogen-bond acceptors (Lipinski definition) is 6. The van der Waals surface area contributed by atoms with Gasteiger partial charge in [0.1, 0.15) is 17.5 Å². The van der Waals surface area contributed by atoms with E-state index in [1.165, 1.54) is 11.1 Å². The predicted octanol–water partition coefficient (Wildman–Crippen LogP) is 1.46. The summed E-state index contributed by atoms with van der Waals surface area (Å²) in [7, 11) is 0. The summed E-state index contributed by atoms with van der Waals surface area (Å²) >= 11 is 0. The lowest BCUT2D eigenvalue weighted by Crippen LogP contribution is -2.58. The molecular weight excluding hydrogens is 312 g/mol. The zero-order chi connectivity index (χ0) is 17.9. The molecule has 24 heavy (non-hydrogen) atoms. The van der Waals surface area contributed by atoms with Gasteiger partial charge in [0.05, 0.1) is 18.2 Å². The van der Waals surface area contributed by atoms with Gasteiger partial charge in [-0.05, 0) is 32.9 Å². The Bertz CT molecular complexity index is 677. The number of aromatic nitrogens is 1. The van der Waals surface area contributed by atoms with Crippen LogP contribution in [0.25, 0.3) is 0 Å². The van der Waals surface area contributed by atoms with E-state index in [0.29, 0.717) is 17.9 Å². The van der Waals surface area contributed by atoms with Gasteiger partial charge in [0, 0.05) is 19.3 Å². The molecule has 128 valence electrons. The van der Waals surface area contributed by atoms with Crippen molar-refractivity contribution in [1.82, 2.24) is 9.88 Å². The molecule has 8 nitrogen and oxygen atoms in total. The third kappa shape index (κ3) is 4.13. The molecule has 1 aliphatic heterocycles. The fraction of sp³-hybridized carbons (Fsp3) is 0.500. The highest BCUT2D eigenvalue weighted by Crippen LogP contribution is 2.21. The molecule has 2 rings (SSSR count). The number of pyridine rings is 1. The minimum Gasteiger partial charge on any atom is -0.480 e. The van der Waals surface area contributed by atoms with Crippen molar-refractivity contribution in [2.45, 2.75) is 32.4 Å². The molecule has 0 aliphatic carbocycles. The quantitative estimate of drug-likeness (QED) is 0.873. The minimum atomic E-state index is -1.06. The standard InChI is InChI=1S/C16H20N4O4/c1-16(2,3)24-15(23)19-6-7-20(12(10-19)14(21)22)13-8-11(9-17)4-5-18-13/h4-5,8,12H,6-7,10H2,1-3H3,(H,21,22)/t12-/m0/s1. The van der Waals surface area contributed by atoms with Crippen LogP contribution in [-0.2, 0) is 9.53 Å². The summed E-state index contributed by atoms with van der Waals surface area (Å²) in [6, 6.07) is 4.15. The van der Waals surface area contributed by atoms with Gasteiger partial charge in [-0.2, -0.15) is 5.26 Å². The van der Waals surface area contributed by atoms with Crippen LogP contribution in [0, 0.1) is 11.3 Å². The summed E-state index contributed by atoms with van der Waals surface area (Å²) in [5.41, 5.74) is -0.242. The maximum absolute atomic E-state index is 12.2. The number of carbonyl (C=O) groups is 2. The van der Waals surface area contributed by atoms with Gasteiger partial charge in [-0.3, -0.25) is 0 Å². The highest BCUT2D eigenvalue weighted by Gasteiger charge is 2.36. The maximum Gasteiger partial charge on any atom is 0.410 e. The van der Waals surface area contributed by atoms with E-state index in [-0.39, 0.29) is 13.1 Å². The third-order valence-electron chi connectivity index (χ3n) is 3.49. The summed E-state index contributed by atoms with van der Waals surface area (Å²) in [6.07, 6.45) is 0.930. The lowest BCUT2D eigenvalue weighted by Gasteiger charge is -2.40. The van der Waals surface area contributed by atoms with E-state index >= 15 is 0 Å². The van der Waals surface area contributed by atoms with Crippen molar-refractivity contribution in [1.29, 1.82) is 5.26 Å². The van der Waals surface area contributed by atoms with E-state index in [1.54, 1.807) is 37.8 Å².